The molecule has 0 aliphatic heterocycles. The Hall–Kier alpha value is -1.25. The standard InChI is InChI=1S/C9H10N2O4S2/c1-17(13,14)15-4-3-11-6-10-7-2-5-16-8(7)9(11)12/h2,5-6H,3-4H2,1H3. The first-order valence-electron chi connectivity index (χ1n) is 4.74. The Labute approximate surface area is 102 Å². The van der Waals surface area contributed by atoms with Gasteiger partial charge in [-0.05, 0) is 11.4 Å². The lowest BCUT2D eigenvalue weighted by Crippen LogP contribution is -2.22. The van der Waals surface area contributed by atoms with Gasteiger partial charge in [0, 0.05) is 0 Å². The fourth-order valence-corrected chi connectivity index (χ4v) is 2.50. The van der Waals surface area contributed by atoms with E-state index < -0.39 is 10.1 Å². The zero-order valence-electron chi connectivity index (χ0n) is 8.99. The maximum Gasteiger partial charge on any atom is 0.271 e. The van der Waals surface area contributed by atoms with Gasteiger partial charge in [0.15, 0.2) is 0 Å². The van der Waals surface area contributed by atoms with Gasteiger partial charge in [-0.2, -0.15) is 8.42 Å². The van der Waals surface area contributed by atoms with Crippen molar-refractivity contribution in [1.82, 2.24) is 9.55 Å². The van der Waals surface area contributed by atoms with Crippen molar-refractivity contribution in [3.63, 3.8) is 0 Å². The van der Waals surface area contributed by atoms with E-state index in [4.69, 9.17) is 0 Å². The van der Waals surface area contributed by atoms with Crippen LogP contribution < -0.4 is 5.56 Å². The second kappa shape index (κ2) is 4.55. The fraction of sp³-hybridized carbons (Fsp3) is 0.333. The van der Waals surface area contributed by atoms with Crippen molar-refractivity contribution in [2.24, 2.45) is 0 Å². The van der Waals surface area contributed by atoms with Crippen LogP contribution in [0.1, 0.15) is 0 Å². The average molecular weight is 274 g/mol. The van der Waals surface area contributed by atoms with Crippen molar-refractivity contribution < 1.29 is 12.6 Å². The molecule has 8 heteroatoms. The molecule has 2 rings (SSSR count). The van der Waals surface area contributed by atoms with E-state index in [1.807, 2.05) is 0 Å². The molecule has 0 atom stereocenters. The van der Waals surface area contributed by atoms with Crippen LogP contribution in [0.4, 0.5) is 0 Å². The molecular formula is C9H10N2O4S2. The molecule has 2 heterocycles. The van der Waals surface area contributed by atoms with Gasteiger partial charge in [-0.3, -0.25) is 13.5 Å². The topological polar surface area (TPSA) is 78.3 Å². The molecule has 0 radical (unpaired) electrons. The zero-order chi connectivity index (χ0) is 12.5. The van der Waals surface area contributed by atoms with E-state index in [-0.39, 0.29) is 18.7 Å². The smallest absolute Gasteiger partial charge is 0.271 e. The minimum Gasteiger partial charge on any atom is -0.296 e. The molecular weight excluding hydrogens is 264 g/mol. The third kappa shape index (κ3) is 2.90. The molecule has 0 bridgehead atoms. The number of hydrogen-bond acceptors (Lipinski definition) is 6. The van der Waals surface area contributed by atoms with Gasteiger partial charge in [0.25, 0.3) is 15.7 Å². The molecule has 17 heavy (non-hydrogen) atoms. The Morgan fingerprint density at radius 3 is 3.00 bits per heavy atom. The molecule has 0 aliphatic carbocycles. The van der Waals surface area contributed by atoms with Crippen molar-refractivity contribution in [2.45, 2.75) is 6.54 Å². The Bertz CT molecular complexity index is 686. The predicted molar refractivity (Wildman–Crippen MR) is 64.7 cm³/mol. The Morgan fingerprint density at radius 2 is 2.29 bits per heavy atom. The van der Waals surface area contributed by atoms with E-state index in [9.17, 15) is 13.2 Å². The van der Waals surface area contributed by atoms with Crippen molar-refractivity contribution in [2.75, 3.05) is 12.9 Å². The fourth-order valence-electron chi connectivity index (χ4n) is 1.33. The van der Waals surface area contributed by atoms with Gasteiger partial charge in [-0.15, -0.1) is 11.3 Å². The second-order valence-electron chi connectivity index (χ2n) is 3.40. The van der Waals surface area contributed by atoms with Crippen LogP contribution in [-0.2, 0) is 20.8 Å². The lowest BCUT2D eigenvalue weighted by atomic mass is 10.4. The largest absolute Gasteiger partial charge is 0.296 e. The highest BCUT2D eigenvalue weighted by Gasteiger charge is 2.06. The van der Waals surface area contributed by atoms with Crippen molar-refractivity contribution >= 4 is 31.7 Å². The molecule has 2 aromatic heterocycles. The maximum absolute atomic E-state index is 11.9. The summed E-state index contributed by atoms with van der Waals surface area (Å²) >= 11 is 1.31. The third-order valence-electron chi connectivity index (χ3n) is 2.07. The van der Waals surface area contributed by atoms with Crippen LogP contribution in [0.3, 0.4) is 0 Å². The molecule has 0 saturated carbocycles. The monoisotopic (exact) mass is 274 g/mol. The van der Waals surface area contributed by atoms with E-state index in [1.165, 1.54) is 22.2 Å². The first-order valence-corrected chi connectivity index (χ1v) is 7.44. The van der Waals surface area contributed by atoms with Crippen molar-refractivity contribution in [3.8, 4) is 0 Å². The van der Waals surface area contributed by atoms with E-state index in [2.05, 4.69) is 9.17 Å². The molecule has 0 aliphatic rings. The molecule has 92 valence electrons. The minimum absolute atomic E-state index is 0.0721. The first kappa shape index (κ1) is 12.2. The summed E-state index contributed by atoms with van der Waals surface area (Å²) in [5.41, 5.74) is 0.474. The van der Waals surface area contributed by atoms with Crippen LogP contribution >= 0.6 is 11.3 Å². The van der Waals surface area contributed by atoms with Gasteiger partial charge in [0.2, 0.25) is 0 Å². The van der Waals surface area contributed by atoms with E-state index in [0.717, 1.165) is 6.26 Å². The normalized spacial score (nSPS) is 12.1. The highest BCUT2D eigenvalue weighted by atomic mass is 32.2. The summed E-state index contributed by atoms with van der Waals surface area (Å²) in [7, 11) is -3.47. The van der Waals surface area contributed by atoms with Gasteiger partial charge in [-0.1, -0.05) is 0 Å². The van der Waals surface area contributed by atoms with Crippen LogP contribution in [-0.4, -0.2) is 30.8 Å². The molecule has 0 N–H and O–H groups in total. The molecule has 2 aromatic rings. The average Bonchev–Trinajstić information content (AvgIpc) is 2.68. The lowest BCUT2D eigenvalue weighted by Gasteiger charge is -2.04. The molecule has 0 amide bonds. The summed E-state index contributed by atoms with van der Waals surface area (Å²) < 4.78 is 28.0. The number of fused-ring (bicyclic) bond motifs is 1. The Morgan fingerprint density at radius 1 is 1.53 bits per heavy atom. The SMILES string of the molecule is CS(=O)(=O)OCCn1cnc2ccsc2c1=O. The van der Waals surface area contributed by atoms with Gasteiger partial charge < -0.3 is 0 Å². The first-order chi connectivity index (χ1) is 7.97. The molecule has 0 fully saturated rings. The summed E-state index contributed by atoms with van der Waals surface area (Å²) in [6.07, 6.45) is 2.36. The van der Waals surface area contributed by atoms with Crippen LogP contribution in [0, 0.1) is 0 Å². The number of thiophene rings is 1. The summed E-state index contributed by atoms with van der Waals surface area (Å²) in [6.45, 7) is 0.0873. The van der Waals surface area contributed by atoms with Crippen LogP contribution in [0.15, 0.2) is 22.6 Å². The molecule has 0 spiro atoms. The number of hydrogen-bond donors (Lipinski definition) is 0. The Balaban J connectivity index is 2.19. The number of nitrogens with zero attached hydrogens (tertiary/aromatic N) is 2. The zero-order valence-corrected chi connectivity index (χ0v) is 10.6. The van der Waals surface area contributed by atoms with E-state index in [1.54, 1.807) is 11.4 Å². The van der Waals surface area contributed by atoms with Crippen LogP contribution in [0.25, 0.3) is 10.2 Å². The van der Waals surface area contributed by atoms with Gasteiger partial charge >= 0.3 is 0 Å². The molecule has 6 nitrogen and oxygen atoms in total. The highest BCUT2D eigenvalue weighted by molar-refractivity contribution is 7.85. The predicted octanol–water partition coefficient (Wildman–Crippen LogP) is 0.434. The third-order valence-corrected chi connectivity index (χ3v) is 3.55. The van der Waals surface area contributed by atoms with Crippen molar-refractivity contribution in [3.05, 3.63) is 28.1 Å². The van der Waals surface area contributed by atoms with E-state index >= 15 is 0 Å². The number of rotatable bonds is 4. The van der Waals surface area contributed by atoms with Crippen LogP contribution in [0.2, 0.25) is 0 Å². The minimum atomic E-state index is -3.47. The summed E-state index contributed by atoms with van der Waals surface area (Å²) in [5, 5.41) is 1.79. The van der Waals surface area contributed by atoms with Gasteiger partial charge in [0.1, 0.15) is 4.70 Å². The highest BCUT2D eigenvalue weighted by Crippen LogP contribution is 2.12. The second-order valence-corrected chi connectivity index (χ2v) is 5.96. The van der Waals surface area contributed by atoms with E-state index in [0.29, 0.717) is 10.2 Å². The van der Waals surface area contributed by atoms with Gasteiger partial charge in [0.05, 0.1) is 31.3 Å². The van der Waals surface area contributed by atoms with Gasteiger partial charge in [-0.25, -0.2) is 4.98 Å². The van der Waals surface area contributed by atoms with Crippen molar-refractivity contribution in [1.29, 1.82) is 0 Å². The summed E-state index contributed by atoms with van der Waals surface area (Å²) in [6, 6.07) is 1.76. The quantitative estimate of drug-likeness (QED) is 0.756. The van der Waals surface area contributed by atoms with Crippen LogP contribution in [0.5, 0.6) is 0 Å². The molecule has 0 unspecified atom stereocenters. The Kier molecular flexibility index (Phi) is 3.27. The molecule has 0 aromatic carbocycles. The lowest BCUT2D eigenvalue weighted by molar-refractivity contribution is 0.302. The number of aromatic nitrogens is 2. The maximum atomic E-state index is 11.9. The summed E-state index contributed by atoms with van der Waals surface area (Å²) in [4.78, 5) is 16.0. The summed E-state index contributed by atoms with van der Waals surface area (Å²) in [5.74, 6) is 0. The molecule has 0 saturated heterocycles.